The smallest absolute Gasteiger partial charge is 0.266 e. The summed E-state index contributed by atoms with van der Waals surface area (Å²) in [6, 6.07) is 8.74. The predicted molar refractivity (Wildman–Crippen MR) is 99.3 cm³/mol. The average molecular weight is 364 g/mol. The van der Waals surface area contributed by atoms with E-state index >= 15 is 0 Å². The van der Waals surface area contributed by atoms with Gasteiger partial charge in [0, 0.05) is 43.0 Å². The molecule has 0 spiro atoms. The van der Waals surface area contributed by atoms with Gasteiger partial charge in [-0.25, -0.2) is 4.68 Å². The van der Waals surface area contributed by atoms with Gasteiger partial charge in [-0.3, -0.25) is 14.6 Å². The molecule has 0 aliphatic carbocycles. The Morgan fingerprint density at radius 3 is 2.74 bits per heavy atom. The molecule has 27 heavy (non-hydrogen) atoms. The zero-order valence-electron chi connectivity index (χ0n) is 15.3. The summed E-state index contributed by atoms with van der Waals surface area (Å²) in [7, 11) is 0. The van der Waals surface area contributed by atoms with Crippen LogP contribution in [0.15, 0.2) is 51.9 Å². The maximum atomic E-state index is 12.5. The molecule has 7 heteroatoms. The van der Waals surface area contributed by atoms with E-state index in [1.165, 1.54) is 10.7 Å². The van der Waals surface area contributed by atoms with Crippen LogP contribution in [-0.4, -0.2) is 38.7 Å². The van der Waals surface area contributed by atoms with E-state index in [9.17, 15) is 9.59 Å². The first-order valence-electron chi connectivity index (χ1n) is 8.86. The summed E-state index contributed by atoms with van der Waals surface area (Å²) in [6.45, 7) is 5.32. The van der Waals surface area contributed by atoms with Crippen LogP contribution in [0.4, 0.5) is 0 Å². The van der Waals surface area contributed by atoms with E-state index in [2.05, 4.69) is 10.1 Å². The van der Waals surface area contributed by atoms with E-state index < -0.39 is 0 Å². The van der Waals surface area contributed by atoms with E-state index in [0.717, 1.165) is 11.3 Å². The average Bonchev–Trinajstić information content (AvgIpc) is 2.97. The number of amides is 1. The number of pyridine rings is 1. The first kappa shape index (κ1) is 17.2. The molecule has 0 N–H and O–H groups in total. The Hall–Kier alpha value is -3.22. The number of hydrogen-bond donors (Lipinski definition) is 0. The number of carbonyl (C=O) groups is 1. The van der Waals surface area contributed by atoms with Crippen molar-refractivity contribution in [3.05, 3.63) is 70.2 Å². The molecule has 0 bridgehead atoms. The third-order valence-electron chi connectivity index (χ3n) is 4.77. The van der Waals surface area contributed by atoms with Crippen LogP contribution < -0.4 is 5.56 Å². The molecule has 0 saturated carbocycles. The van der Waals surface area contributed by atoms with Gasteiger partial charge in [-0.05, 0) is 38.1 Å². The number of likely N-dealkylation sites (tertiary alicyclic amines) is 1. The topological polar surface area (TPSA) is 81.2 Å². The largest absolute Gasteiger partial charge is 0.466 e. The lowest BCUT2D eigenvalue weighted by molar-refractivity contribution is 0.0457. The van der Waals surface area contributed by atoms with Gasteiger partial charge in [0.05, 0.1) is 17.8 Å². The predicted octanol–water partition coefficient (Wildman–Crippen LogP) is 2.29. The van der Waals surface area contributed by atoms with Crippen LogP contribution in [0.1, 0.15) is 21.9 Å². The van der Waals surface area contributed by atoms with Gasteiger partial charge in [0.15, 0.2) is 0 Å². The third kappa shape index (κ3) is 3.40. The quantitative estimate of drug-likeness (QED) is 0.709. The second-order valence-electron chi connectivity index (χ2n) is 6.88. The highest BCUT2D eigenvalue weighted by atomic mass is 16.3. The summed E-state index contributed by atoms with van der Waals surface area (Å²) in [5, 5.41) is 4.46. The van der Waals surface area contributed by atoms with Gasteiger partial charge in [0.25, 0.3) is 11.5 Å². The molecule has 4 rings (SSSR count). The lowest BCUT2D eigenvalue weighted by Crippen LogP contribution is -2.52. The fourth-order valence-corrected chi connectivity index (χ4v) is 3.36. The molecule has 3 aromatic rings. The van der Waals surface area contributed by atoms with Crippen LogP contribution in [0.3, 0.4) is 0 Å². The van der Waals surface area contributed by atoms with E-state index in [4.69, 9.17) is 4.42 Å². The second kappa shape index (κ2) is 6.83. The monoisotopic (exact) mass is 364 g/mol. The molecule has 0 atom stereocenters. The van der Waals surface area contributed by atoms with Crippen molar-refractivity contribution in [2.75, 3.05) is 13.1 Å². The summed E-state index contributed by atoms with van der Waals surface area (Å²) in [4.78, 5) is 30.6. The Morgan fingerprint density at radius 2 is 2.07 bits per heavy atom. The summed E-state index contributed by atoms with van der Waals surface area (Å²) in [6.07, 6.45) is 3.42. The minimum Gasteiger partial charge on any atom is -0.466 e. The van der Waals surface area contributed by atoms with Crippen LogP contribution in [0.5, 0.6) is 0 Å². The SMILES string of the molecule is Cc1cc(C(=O)N2CC(Cn3nc(-c4cccnc4)ccc3=O)C2)c(C)o1. The zero-order chi connectivity index (χ0) is 19.0. The molecule has 1 fully saturated rings. The standard InChI is InChI=1S/C20H20N4O3/c1-13-8-17(14(2)27-13)20(26)23-10-15(11-23)12-24-19(25)6-5-18(22-24)16-4-3-7-21-9-16/h3-9,15H,10-12H2,1-2H3. The molecule has 0 unspecified atom stereocenters. The fraction of sp³-hybridized carbons (Fsp3) is 0.300. The fourth-order valence-electron chi connectivity index (χ4n) is 3.36. The van der Waals surface area contributed by atoms with E-state index in [1.54, 1.807) is 36.4 Å². The third-order valence-corrected chi connectivity index (χ3v) is 4.77. The minimum absolute atomic E-state index is 0.0231. The van der Waals surface area contributed by atoms with E-state index in [-0.39, 0.29) is 17.4 Å². The Bertz CT molecular complexity index is 1030. The number of aryl methyl sites for hydroxylation is 2. The molecule has 1 aliphatic rings. The molecular formula is C20H20N4O3. The van der Waals surface area contributed by atoms with E-state index in [1.807, 2.05) is 19.1 Å². The summed E-state index contributed by atoms with van der Waals surface area (Å²) < 4.78 is 6.91. The zero-order valence-corrected chi connectivity index (χ0v) is 15.3. The van der Waals surface area contributed by atoms with Gasteiger partial charge in [0.1, 0.15) is 11.5 Å². The highest BCUT2D eigenvalue weighted by molar-refractivity contribution is 5.95. The van der Waals surface area contributed by atoms with Crippen molar-refractivity contribution in [2.45, 2.75) is 20.4 Å². The van der Waals surface area contributed by atoms with Crippen molar-refractivity contribution in [3.63, 3.8) is 0 Å². The van der Waals surface area contributed by atoms with Gasteiger partial charge in [-0.15, -0.1) is 0 Å². The minimum atomic E-state index is -0.145. The molecule has 3 aromatic heterocycles. The molecule has 0 aromatic carbocycles. The Labute approximate surface area is 156 Å². The maximum Gasteiger partial charge on any atom is 0.266 e. The summed E-state index contributed by atoms with van der Waals surface area (Å²) in [5.74, 6) is 1.56. The van der Waals surface area contributed by atoms with Crippen LogP contribution in [-0.2, 0) is 6.54 Å². The molecule has 0 radical (unpaired) electrons. The second-order valence-corrected chi connectivity index (χ2v) is 6.88. The highest BCUT2D eigenvalue weighted by Crippen LogP contribution is 2.23. The maximum absolute atomic E-state index is 12.5. The molecule has 4 heterocycles. The van der Waals surface area contributed by atoms with Crippen molar-refractivity contribution < 1.29 is 9.21 Å². The first-order chi connectivity index (χ1) is 13.0. The Morgan fingerprint density at radius 1 is 1.26 bits per heavy atom. The van der Waals surface area contributed by atoms with Crippen LogP contribution >= 0.6 is 0 Å². The van der Waals surface area contributed by atoms with Gasteiger partial charge in [0.2, 0.25) is 0 Å². The van der Waals surface area contributed by atoms with Crippen molar-refractivity contribution >= 4 is 5.91 Å². The van der Waals surface area contributed by atoms with Crippen LogP contribution in [0, 0.1) is 19.8 Å². The molecule has 138 valence electrons. The lowest BCUT2D eigenvalue weighted by Gasteiger charge is -2.39. The normalized spacial score (nSPS) is 14.2. The van der Waals surface area contributed by atoms with Crippen molar-refractivity contribution in [2.24, 2.45) is 5.92 Å². The van der Waals surface area contributed by atoms with Crippen molar-refractivity contribution in [1.82, 2.24) is 19.7 Å². The Kier molecular flexibility index (Phi) is 4.35. The number of furan rings is 1. The number of nitrogens with zero attached hydrogens (tertiary/aromatic N) is 4. The number of aromatic nitrogens is 3. The highest BCUT2D eigenvalue weighted by Gasteiger charge is 2.33. The summed E-state index contributed by atoms with van der Waals surface area (Å²) >= 11 is 0. The van der Waals surface area contributed by atoms with Gasteiger partial charge in [-0.1, -0.05) is 0 Å². The van der Waals surface area contributed by atoms with Gasteiger partial charge >= 0.3 is 0 Å². The molecular weight excluding hydrogens is 344 g/mol. The molecule has 7 nitrogen and oxygen atoms in total. The van der Waals surface area contributed by atoms with Gasteiger partial charge < -0.3 is 9.32 Å². The summed E-state index contributed by atoms with van der Waals surface area (Å²) in [5.41, 5.74) is 2.04. The van der Waals surface area contributed by atoms with Gasteiger partial charge in [-0.2, -0.15) is 5.10 Å². The number of carbonyl (C=O) groups excluding carboxylic acids is 1. The Balaban J connectivity index is 1.44. The lowest BCUT2D eigenvalue weighted by atomic mass is 9.99. The van der Waals surface area contributed by atoms with Crippen LogP contribution in [0.25, 0.3) is 11.3 Å². The molecule has 1 saturated heterocycles. The van der Waals surface area contributed by atoms with Crippen molar-refractivity contribution in [1.29, 1.82) is 0 Å². The first-order valence-corrected chi connectivity index (χ1v) is 8.86. The number of rotatable bonds is 4. The molecule has 1 amide bonds. The van der Waals surface area contributed by atoms with Crippen molar-refractivity contribution in [3.8, 4) is 11.3 Å². The number of hydrogen-bond acceptors (Lipinski definition) is 5. The van der Waals surface area contributed by atoms with Crippen LogP contribution in [0.2, 0.25) is 0 Å². The molecule has 1 aliphatic heterocycles. The van der Waals surface area contributed by atoms with E-state index in [0.29, 0.717) is 36.7 Å².